The predicted octanol–water partition coefficient (Wildman–Crippen LogP) is 5.96. The van der Waals surface area contributed by atoms with E-state index in [0.29, 0.717) is 18.5 Å². The molecule has 2 aromatic rings. The number of amides is 2. The molecule has 5 rings (SSSR count). The molecule has 2 saturated heterocycles. The Morgan fingerprint density at radius 2 is 1.53 bits per heavy atom. The maximum atomic E-state index is 13.4. The lowest BCUT2D eigenvalue weighted by molar-refractivity contribution is -0.127. The molecule has 0 saturated carbocycles. The molecule has 0 unspecified atom stereocenters. The molecule has 1 N–H and O–H groups in total. The first kappa shape index (κ1) is 26.9. The summed E-state index contributed by atoms with van der Waals surface area (Å²) in [6.07, 6.45) is 7.28. The lowest BCUT2D eigenvalue weighted by Gasteiger charge is -2.47. The highest BCUT2D eigenvalue weighted by Crippen LogP contribution is 2.48. The fraction of sp³-hybridized carbons (Fsp3) is 0.576. The third kappa shape index (κ3) is 5.98. The summed E-state index contributed by atoms with van der Waals surface area (Å²) >= 11 is 0. The number of carbonyl (C=O) groups is 2. The molecule has 3 aliphatic rings. The van der Waals surface area contributed by atoms with E-state index >= 15 is 0 Å². The molecule has 1 aliphatic carbocycles. The molecule has 0 aromatic heterocycles. The maximum absolute atomic E-state index is 13.4. The molecule has 204 valence electrons. The van der Waals surface area contributed by atoms with Gasteiger partial charge >= 0.3 is 0 Å². The highest BCUT2D eigenvalue weighted by Gasteiger charge is 2.42. The van der Waals surface area contributed by atoms with E-state index < -0.39 is 0 Å². The first-order valence-corrected chi connectivity index (χ1v) is 14.7. The second-order valence-electron chi connectivity index (χ2n) is 13.1. The van der Waals surface area contributed by atoms with E-state index in [1.165, 1.54) is 50.0 Å². The largest absolute Gasteiger partial charge is 0.349 e. The second kappa shape index (κ2) is 11.2. The number of nitrogens with one attached hydrogen (secondary N) is 1. The van der Waals surface area contributed by atoms with Crippen molar-refractivity contribution in [3.63, 3.8) is 0 Å². The summed E-state index contributed by atoms with van der Waals surface area (Å²) in [5.74, 6) is 0.203. The number of rotatable bonds is 5. The molecule has 0 bridgehead atoms. The van der Waals surface area contributed by atoms with Gasteiger partial charge in [-0.2, -0.15) is 0 Å². The van der Waals surface area contributed by atoms with Crippen LogP contribution in [0.1, 0.15) is 93.2 Å². The van der Waals surface area contributed by atoms with Gasteiger partial charge in [-0.25, -0.2) is 0 Å². The standard InChI is InChI=1S/C33H45N3O2/c1-32(2,3)17-22-35-23-18-33(19-24-35)16-13-29(27-11-7-8-12-28(27)33)34-30(37)25-14-20-36(21-15-25)31(38)26-9-5-4-6-10-26/h4-12,25,29H,13-24H2,1-3H3,(H,34,37)/t29-/m1/s1. The molecule has 2 fully saturated rings. The van der Waals surface area contributed by atoms with Crippen molar-refractivity contribution in [3.05, 3.63) is 71.3 Å². The van der Waals surface area contributed by atoms with E-state index in [9.17, 15) is 9.59 Å². The summed E-state index contributed by atoms with van der Waals surface area (Å²) in [5, 5.41) is 3.44. The summed E-state index contributed by atoms with van der Waals surface area (Å²) in [6.45, 7) is 11.8. The topological polar surface area (TPSA) is 52.7 Å². The van der Waals surface area contributed by atoms with Gasteiger partial charge in [0, 0.05) is 24.6 Å². The number of likely N-dealkylation sites (tertiary alicyclic amines) is 2. The van der Waals surface area contributed by atoms with E-state index in [1.807, 2.05) is 35.2 Å². The summed E-state index contributed by atoms with van der Waals surface area (Å²) in [6, 6.07) is 18.4. The van der Waals surface area contributed by atoms with Crippen LogP contribution in [0.15, 0.2) is 54.6 Å². The minimum Gasteiger partial charge on any atom is -0.349 e. The average molecular weight is 516 g/mol. The van der Waals surface area contributed by atoms with Gasteiger partial charge in [0.05, 0.1) is 6.04 Å². The molecule has 1 spiro atoms. The smallest absolute Gasteiger partial charge is 0.253 e. The third-order valence-electron chi connectivity index (χ3n) is 9.30. The average Bonchev–Trinajstić information content (AvgIpc) is 2.94. The van der Waals surface area contributed by atoms with Gasteiger partial charge in [0.15, 0.2) is 0 Å². The summed E-state index contributed by atoms with van der Waals surface area (Å²) in [4.78, 5) is 30.7. The van der Waals surface area contributed by atoms with E-state index in [4.69, 9.17) is 0 Å². The first-order valence-electron chi connectivity index (χ1n) is 14.7. The molecule has 38 heavy (non-hydrogen) atoms. The van der Waals surface area contributed by atoms with Gasteiger partial charge in [0.1, 0.15) is 0 Å². The molecule has 2 amide bonds. The SMILES string of the molecule is CC(C)(C)CCN1CCC2(CC[C@@H](NC(=O)C3CCN(C(=O)c4ccccc4)CC3)c3ccccc32)CC1. The third-order valence-corrected chi connectivity index (χ3v) is 9.30. The summed E-state index contributed by atoms with van der Waals surface area (Å²) in [7, 11) is 0. The number of hydrogen-bond acceptors (Lipinski definition) is 3. The molecular formula is C33H45N3O2. The molecule has 0 radical (unpaired) electrons. The Morgan fingerprint density at radius 1 is 0.868 bits per heavy atom. The van der Waals surface area contributed by atoms with Crippen LogP contribution in [-0.2, 0) is 10.2 Å². The lowest BCUT2D eigenvalue weighted by Crippen LogP contribution is -2.48. The van der Waals surface area contributed by atoms with Crippen LogP contribution in [0.4, 0.5) is 0 Å². The lowest BCUT2D eigenvalue weighted by atomic mass is 9.63. The monoisotopic (exact) mass is 515 g/mol. The van der Waals surface area contributed by atoms with E-state index in [2.05, 4.69) is 55.3 Å². The minimum absolute atomic E-state index is 0.0241. The fourth-order valence-electron chi connectivity index (χ4n) is 6.76. The Morgan fingerprint density at radius 3 is 2.21 bits per heavy atom. The van der Waals surface area contributed by atoms with Crippen molar-refractivity contribution in [1.82, 2.24) is 15.1 Å². The molecule has 2 aromatic carbocycles. The normalized spacial score (nSPS) is 22.2. The van der Waals surface area contributed by atoms with Crippen LogP contribution in [0.3, 0.4) is 0 Å². The minimum atomic E-state index is -0.0241. The zero-order valence-electron chi connectivity index (χ0n) is 23.5. The van der Waals surface area contributed by atoms with E-state index in [1.54, 1.807) is 0 Å². The highest BCUT2D eigenvalue weighted by atomic mass is 16.2. The van der Waals surface area contributed by atoms with Gasteiger partial charge in [0.25, 0.3) is 5.91 Å². The molecule has 5 nitrogen and oxygen atoms in total. The van der Waals surface area contributed by atoms with Crippen LogP contribution in [0, 0.1) is 11.3 Å². The van der Waals surface area contributed by atoms with Crippen LogP contribution in [0.2, 0.25) is 0 Å². The molecule has 5 heteroatoms. The summed E-state index contributed by atoms with van der Waals surface area (Å²) < 4.78 is 0. The Kier molecular flexibility index (Phi) is 7.95. The highest BCUT2D eigenvalue weighted by molar-refractivity contribution is 5.94. The van der Waals surface area contributed by atoms with Crippen molar-refractivity contribution in [1.29, 1.82) is 0 Å². The second-order valence-corrected chi connectivity index (χ2v) is 13.1. The zero-order valence-corrected chi connectivity index (χ0v) is 23.5. The van der Waals surface area contributed by atoms with Gasteiger partial charge in [-0.05, 0) is 98.7 Å². The van der Waals surface area contributed by atoms with Crippen LogP contribution in [0.25, 0.3) is 0 Å². The quantitative estimate of drug-likeness (QED) is 0.535. The van der Waals surface area contributed by atoms with Gasteiger partial charge in [-0.15, -0.1) is 0 Å². The zero-order chi connectivity index (χ0) is 26.8. The molecule has 2 heterocycles. The van der Waals surface area contributed by atoms with Crippen LogP contribution >= 0.6 is 0 Å². The van der Waals surface area contributed by atoms with Gasteiger partial charge in [-0.3, -0.25) is 9.59 Å². The van der Waals surface area contributed by atoms with Crippen molar-refractivity contribution in [2.24, 2.45) is 11.3 Å². The first-order chi connectivity index (χ1) is 18.2. The number of carbonyl (C=O) groups excluding carboxylic acids is 2. The van der Waals surface area contributed by atoms with Gasteiger partial charge in [-0.1, -0.05) is 63.2 Å². The fourth-order valence-corrected chi connectivity index (χ4v) is 6.76. The van der Waals surface area contributed by atoms with E-state index in [0.717, 1.165) is 31.2 Å². The number of piperidine rings is 2. The number of hydrogen-bond donors (Lipinski definition) is 1. The van der Waals surface area contributed by atoms with E-state index in [-0.39, 0.29) is 29.2 Å². The van der Waals surface area contributed by atoms with Crippen LogP contribution in [0.5, 0.6) is 0 Å². The molecule has 2 aliphatic heterocycles. The van der Waals surface area contributed by atoms with Crippen LogP contribution < -0.4 is 5.32 Å². The maximum Gasteiger partial charge on any atom is 0.253 e. The van der Waals surface area contributed by atoms with Crippen molar-refractivity contribution < 1.29 is 9.59 Å². The Hall–Kier alpha value is -2.66. The van der Waals surface area contributed by atoms with Crippen molar-refractivity contribution in [3.8, 4) is 0 Å². The van der Waals surface area contributed by atoms with Crippen molar-refractivity contribution in [2.75, 3.05) is 32.7 Å². The van der Waals surface area contributed by atoms with Crippen LogP contribution in [-0.4, -0.2) is 54.3 Å². The number of benzene rings is 2. The molecular weight excluding hydrogens is 470 g/mol. The Labute approximate surface area is 229 Å². The van der Waals surface area contributed by atoms with Gasteiger partial charge in [0.2, 0.25) is 5.91 Å². The summed E-state index contributed by atoms with van der Waals surface area (Å²) in [5.41, 5.74) is 4.15. The number of nitrogens with zero attached hydrogens (tertiary/aromatic N) is 2. The van der Waals surface area contributed by atoms with Crippen molar-refractivity contribution >= 4 is 11.8 Å². The van der Waals surface area contributed by atoms with Gasteiger partial charge < -0.3 is 15.1 Å². The predicted molar refractivity (Wildman–Crippen MR) is 153 cm³/mol. The number of fused-ring (bicyclic) bond motifs is 2. The molecule has 1 atom stereocenters. The van der Waals surface area contributed by atoms with Crippen molar-refractivity contribution in [2.45, 2.75) is 77.2 Å². The Balaban J connectivity index is 1.18. The Bertz CT molecular complexity index is 1110.